The van der Waals surface area contributed by atoms with Gasteiger partial charge < -0.3 is 9.80 Å². The van der Waals surface area contributed by atoms with Gasteiger partial charge in [0.05, 0.1) is 5.52 Å². The van der Waals surface area contributed by atoms with E-state index in [0.717, 1.165) is 54.2 Å². The van der Waals surface area contributed by atoms with Crippen LogP contribution in [0.5, 0.6) is 0 Å². The fourth-order valence-corrected chi connectivity index (χ4v) is 4.17. The molecule has 0 atom stereocenters. The van der Waals surface area contributed by atoms with Crippen molar-refractivity contribution in [3.63, 3.8) is 0 Å². The first-order chi connectivity index (χ1) is 15.4. The lowest BCUT2D eigenvalue weighted by Crippen LogP contribution is -2.47. The molecule has 0 unspecified atom stereocenters. The highest BCUT2D eigenvalue weighted by molar-refractivity contribution is 5.93. The number of hydrogen-bond acceptors (Lipinski definition) is 6. The van der Waals surface area contributed by atoms with Crippen molar-refractivity contribution in [2.24, 2.45) is 0 Å². The summed E-state index contributed by atoms with van der Waals surface area (Å²) in [6, 6.07) is 22.6. The summed E-state index contributed by atoms with van der Waals surface area (Å²) in [6.07, 6.45) is 3.55. The van der Waals surface area contributed by atoms with E-state index in [4.69, 9.17) is 15.1 Å². The summed E-state index contributed by atoms with van der Waals surface area (Å²) >= 11 is 0. The Bertz CT molecular complexity index is 1340. The molecule has 0 saturated carbocycles. The average molecular weight is 407 g/mol. The second-order valence-electron chi connectivity index (χ2n) is 7.65. The first-order valence-corrected chi connectivity index (χ1v) is 10.5. The van der Waals surface area contributed by atoms with E-state index in [0.29, 0.717) is 5.82 Å². The predicted molar refractivity (Wildman–Crippen MR) is 122 cm³/mol. The maximum Gasteiger partial charge on any atom is 0.229 e. The van der Waals surface area contributed by atoms with Crippen molar-refractivity contribution in [2.75, 3.05) is 36.0 Å². The van der Waals surface area contributed by atoms with Gasteiger partial charge in [0.2, 0.25) is 5.95 Å². The number of rotatable bonds is 3. The molecule has 1 fully saturated rings. The molecule has 7 heteroatoms. The summed E-state index contributed by atoms with van der Waals surface area (Å²) in [5, 5.41) is 5.83. The zero-order chi connectivity index (χ0) is 20.6. The smallest absolute Gasteiger partial charge is 0.229 e. The molecule has 4 heterocycles. The first kappa shape index (κ1) is 17.8. The van der Waals surface area contributed by atoms with Gasteiger partial charge in [-0.05, 0) is 36.4 Å². The lowest BCUT2D eigenvalue weighted by molar-refractivity contribution is 0.632. The topological polar surface area (TPSA) is 62.5 Å². The number of pyridine rings is 1. The first-order valence-electron chi connectivity index (χ1n) is 10.5. The van der Waals surface area contributed by atoms with Crippen LogP contribution >= 0.6 is 0 Å². The molecular formula is C24H21N7. The van der Waals surface area contributed by atoms with Crippen LogP contribution in [0.2, 0.25) is 0 Å². The Kier molecular flexibility index (Phi) is 4.23. The summed E-state index contributed by atoms with van der Waals surface area (Å²) in [7, 11) is 0. The third-order valence-electron chi connectivity index (χ3n) is 5.77. The normalized spacial score (nSPS) is 14.5. The van der Waals surface area contributed by atoms with E-state index in [9.17, 15) is 0 Å². The van der Waals surface area contributed by atoms with Gasteiger partial charge in [0.25, 0.3) is 0 Å². The minimum Gasteiger partial charge on any atom is -0.368 e. The summed E-state index contributed by atoms with van der Waals surface area (Å²) < 4.78 is 1.89. The summed E-state index contributed by atoms with van der Waals surface area (Å²) in [5.41, 5.74) is 3.92. The van der Waals surface area contributed by atoms with Crippen LogP contribution < -0.4 is 9.80 Å². The van der Waals surface area contributed by atoms with Crippen molar-refractivity contribution in [3.8, 4) is 11.4 Å². The minimum absolute atomic E-state index is 0.662. The van der Waals surface area contributed by atoms with Crippen molar-refractivity contribution in [2.45, 2.75) is 0 Å². The zero-order valence-corrected chi connectivity index (χ0v) is 17.0. The number of aromatic nitrogens is 5. The Labute approximate surface area is 179 Å². The monoisotopic (exact) mass is 407 g/mol. The maximum atomic E-state index is 4.98. The van der Waals surface area contributed by atoms with Gasteiger partial charge in [-0.25, -0.2) is 9.97 Å². The number of piperazine rings is 1. The van der Waals surface area contributed by atoms with E-state index < -0.39 is 0 Å². The molecule has 1 saturated heterocycles. The van der Waals surface area contributed by atoms with Gasteiger partial charge in [0.15, 0.2) is 11.5 Å². The molecule has 0 amide bonds. The molecule has 0 aliphatic carbocycles. The Morgan fingerprint density at radius 1 is 0.710 bits per heavy atom. The van der Waals surface area contributed by atoms with E-state index in [2.05, 4.69) is 51.2 Å². The van der Waals surface area contributed by atoms with E-state index in [1.165, 1.54) is 5.69 Å². The number of fused-ring (bicyclic) bond motifs is 3. The second kappa shape index (κ2) is 7.36. The zero-order valence-electron chi connectivity index (χ0n) is 17.0. The number of anilines is 2. The molecule has 3 aromatic heterocycles. The molecule has 1 aliphatic rings. The van der Waals surface area contributed by atoms with Crippen molar-refractivity contribution in [1.29, 1.82) is 0 Å². The van der Waals surface area contributed by atoms with Crippen LogP contribution in [0.1, 0.15) is 0 Å². The molecule has 0 bridgehead atoms. The standard InChI is InChI=1S/C24H21N7/c1-2-8-19(9-3-1)29-13-15-30(16-14-29)24-26-21-11-5-4-10-20(21)23-27-22(28-31(23)24)18-7-6-12-25-17-18/h1-12,17H,13-16H2. The summed E-state index contributed by atoms with van der Waals surface area (Å²) in [5.74, 6) is 1.50. The quantitative estimate of drug-likeness (QED) is 0.455. The lowest BCUT2D eigenvalue weighted by Gasteiger charge is -2.36. The molecule has 5 aromatic rings. The highest BCUT2D eigenvalue weighted by Gasteiger charge is 2.23. The molecule has 6 rings (SSSR count). The molecule has 0 radical (unpaired) electrons. The molecular weight excluding hydrogens is 386 g/mol. The van der Waals surface area contributed by atoms with Crippen molar-refractivity contribution < 1.29 is 0 Å². The molecule has 7 nitrogen and oxygen atoms in total. The number of para-hydroxylation sites is 2. The van der Waals surface area contributed by atoms with E-state index in [1.54, 1.807) is 12.4 Å². The molecule has 31 heavy (non-hydrogen) atoms. The lowest BCUT2D eigenvalue weighted by atomic mass is 10.2. The minimum atomic E-state index is 0.662. The van der Waals surface area contributed by atoms with Crippen LogP contribution in [0.3, 0.4) is 0 Å². The highest BCUT2D eigenvalue weighted by atomic mass is 15.4. The molecule has 2 aromatic carbocycles. The number of nitrogens with zero attached hydrogens (tertiary/aromatic N) is 7. The number of benzene rings is 2. The van der Waals surface area contributed by atoms with Crippen molar-refractivity contribution in [1.82, 2.24) is 24.6 Å². The van der Waals surface area contributed by atoms with Gasteiger partial charge in [0.1, 0.15) is 0 Å². The Balaban J connectivity index is 1.41. The van der Waals surface area contributed by atoms with Crippen LogP contribution in [0, 0.1) is 0 Å². The van der Waals surface area contributed by atoms with Gasteiger partial charge in [-0.3, -0.25) is 4.98 Å². The largest absolute Gasteiger partial charge is 0.368 e. The number of hydrogen-bond donors (Lipinski definition) is 0. The van der Waals surface area contributed by atoms with Crippen LogP contribution in [0.15, 0.2) is 79.1 Å². The van der Waals surface area contributed by atoms with E-state index >= 15 is 0 Å². The summed E-state index contributed by atoms with van der Waals surface area (Å²) in [4.78, 5) is 18.8. The van der Waals surface area contributed by atoms with E-state index in [-0.39, 0.29) is 0 Å². The highest BCUT2D eigenvalue weighted by Crippen LogP contribution is 2.26. The molecule has 152 valence electrons. The van der Waals surface area contributed by atoms with Gasteiger partial charge in [-0.1, -0.05) is 30.3 Å². The van der Waals surface area contributed by atoms with Crippen LogP contribution in [-0.4, -0.2) is 50.7 Å². The Morgan fingerprint density at radius 3 is 2.29 bits per heavy atom. The van der Waals surface area contributed by atoms with Crippen molar-refractivity contribution >= 4 is 28.2 Å². The van der Waals surface area contributed by atoms with Gasteiger partial charge >= 0.3 is 0 Å². The van der Waals surface area contributed by atoms with Crippen LogP contribution in [0.25, 0.3) is 27.9 Å². The maximum absolute atomic E-state index is 4.98. The average Bonchev–Trinajstić information content (AvgIpc) is 3.31. The van der Waals surface area contributed by atoms with Gasteiger partial charge in [0, 0.05) is 55.2 Å². The third-order valence-corrected chi connectivity index (χ3v) is 5.77. The Morgan fingerprint density at radius 2 is 1.48 bits per heavy atom. The third kappa shape index (κ3) is 3.15. The molecule has 0 spiro atoms. The fraction of sp³-hybridized carbons (Fsp3) is 0.167. The molecule has 1 aliphatic heterocycles. The fourth-order valence-electron chi connectivity index (χ4n) is 4.17. The predicted octanol–water partition coefficient (Wildman–Crippen LogP) is 3.67. The van der Waals surface area contributed by atoms with E-state index in [1.807, 2.05) is 34.8 Å². The van der Waals surface area contributed by atoms with Crippen LogP contribution in [0.4, 0.5) is 11.6 Å². The van der Waals surface area contributed by atoms with Gasteiger partial charge in [-0.2, -0.15) is 4.52 Å². The van der Waals surface area contributed by atoms with Crippen molar-refractivity contribution in [3.05, 3.63) is 79.1 Å². The van der Waals surface area contributed by atoms with Crippen LogP contribution in [-0.2, 0) is 0 Å². The molecule has 0 N–H and O–H groups in total. The second-order valence-corrected chi connectivity index (χ2v) is 7.65. The Hall–Kier alpha value is -4.00. The SMILES string of the molecule is c1ccc(N2CCN(c3nc4ccccc4c4nc(-c5cccnc5)nn34)CC2)cc1. The summed E-state index contributed by atoms with van der Waals surface area (Å²) in [6.45, 7) is 3.61. The van der Waals surface area contributed by atoms with Gasteiger partial charge in [-0.15, -0.1) is 5.10 Å².